The van der Waals surface area contributed by atoms with Gasteiger partial charge in [0.2, 0.25) is 5.91 Å². The van der Waals surface area contributed by atoms with Crippen LogP contribution >= 0.6 is 0 Å². The highest BCUT2D eigenvalue weighted by Gasteiger charge is 2.56. The van der Waals surface area contributed by atoms with Gasteiger partial charge in [-0.1, -0.05) is 44.3 Å². The van der Waals surface area contributed by atoms with Crippen molar-refractivity contribution in [3.05, 3.63) is 12.2 Å². The lowest BCUT2D eigenvalue weighted by Crippen LogP contribution is -2.42. The van der Waals surface area contributed by atoms with E-state index in [1.54, 1.807) is 6.08 Å². The van der Waals surface area contributed by atoms with Crippen LogP contribution in [-0.4, -0.2) is 33.9 Å². The molecule has 1 aliphatic heterocycles. The van der Waals surface area contributed by atoms with E-state index < -0.39 is 17.7 Å². The molecule has 2 rings (SSSR count). The lowest BCUT2D eigenvalue weighted by molar-refractivity contribution is -0.120. The van der Waals surface area contributed by atoms with E-state index in [0.29, 0.717) is 12.8 Å². The van der Waals surface area contributed by atoms with Gasteiger partial charge >= 0.3 is 0 Å². The summed E-state index contributed by atoms with van der Waals surface area (Å²) in [6.07, 6.45) is 12.8. The van der Waals surface area contributed by atoms with Crippen LogP contribution in [0, 0.1) is 24.2 Å². The quantitative estimate of drug-likeness (QED) is 0.393. The highest BCUT2D eigenvalue weighted by Crippen LogP contribution is 2.46. The Labute approximate surface area is 126 Å². The standard InChI is InChI=1S/C17H25NO3/c1-3-5-6-7-12(19)8-9-13-14-10-16(21)18-17(14,4-2)11-15(13)20/h2,8-9,12-15,19-20H,3,5-7,10-11H2,1H3,(H,18,21)/t12-,13?,14?,15?,17?/m0/s1. The van der Waals surface area contributed by atoms with Gasteiger partial charge in [0.15, 0.2) is 0 Å². The van der Waals surface area contributed by atoms with Gasteiger partial charge in [0.05, 0.1) is 12.2 Å². The Balaban J connectivity index is 2.00. The molecule has 1 saturated carbocycles. The Morgan fingerprint density at radius 1 is 1.57 bits per heavy atom. The maximum absolute atomic E-state index is 11.6. The largest absolute Gasteiger partial charge is 0.392 e. The number of hydrogen-bond donors (Lipinski definition) is 3. The van der Waals surface area contributed by atoms with Gasteiger partial charge in [0.25, 0.3) is 0 Å². The molecule has 0 radical (unpaired) electrons. The zero-order valence-electron chi connectivity index (χ0n) is 12.6. The normalized spacial score (nSPS) is 36.5. The van der Waals surface area contributed by atoms with Crippen molar-refractivity contribution in [2.75, 3.05) is 0 Å². The molecule has 0 aromatic heterocycles. The second-order valence-corrected chi connectivity index (χ2v) is 6.27. The third-order valence-corrected chi connectivity index (χ3v) is 4.76. The summed E-state index contributed by atoms with van der Waals surface area (Å²) >= 11 is 0. The molecule has 2 fully saturated rings. The third-order valence-electron chi connectivity index (χ3n) is 4.76. The molecule has 116 valence electrons. The van der Waals surface area contributed by atoms with Crippen LogP contribution < -0.4 is 5.32 Å². The van der Waals surface area contributed by atoms with Crippen molar-refractivity contribution in [2.24, 2.45) is 11.8 Å². The molecule has 3 N–H and O–H groups in total. The Morgan fingerprint density at radius 3 is 3.00 bits per heavy atom. The molecule has 0 spiro atoms. The second-order valence-electron chi connectivity index (χ2n) is 6.27. The highest BCUT2D eigenvalue weighted by molar-refractivity contribution is 5.81. The molecule has 1 saturated heterocycles. The van der Waals surface area contributed by atoms with Crippen LogP contribution in [0.1, 0.15) is 45.4 Å². The minimum Gasteiger partial charge on any atom is -0.392 e. The first-order valence-electron chi connectivity index (χ1n) is 7.85. The van der Waals surface area contributed by atoms with E-state index in [-0.39, 0.29) is 17.7 Å². The molecule has 1 amide bonds. The number of fused-ring (bicyclic) bond motifs is 1. The minimum absolute atomic E-state index is 0.0493. The van der Waals surface area contributed by atoms with Crippen LogP contribution in [0.15, 0.2) is 12.2 Å². The number of aliphatic hydroxyl groups is 2. The number of nitrogens with one attached hydrogen (secondary N) is 1. The van der Waals surface area contributed by atoms with Crippen molar-refractivity contribution in [3.63, 3.8) is 0 Å². The Morgan fingerprint density at radius 2 is 2.33 bits per heavy atom. The van der Waals surface area contributed by atoms with E-state index in [2.05, 4.69) is 18.2 Å². The summed E-state index contributed by atoms with van der Waals surface area (Å²) in [6, 6.07) is 0. The van der Waals surface area contributed by atoms with E-state index in [9.17, 15) is 15.0 Å². The first-order valence-corrected chi connectivity index (χ1v) is 7.85. The molecule has 0 bridgehead atoms. The summed E-state index contributed by atoms with van der Waals surface area (Å²) in [5.41, 5.74) is -0.710. The van der Waals surface area contributed by atoms with E-state index in [1.807, 2.05) is 6.08 Å². The van der Waals surface area contributed by atoms with Gasteiger partial charge in [-0.2, -0.15) is 0 Å². The van der Waals surface area contributed by atoms with E-state index >= 15 is 0 Å². The van der Waals surface area contributed by atoms with E-state index in [1.165, 1.54) is 0 Å². The number of unbranched alkanes of at least 4 members (excludes halogenated alkanes) is 2. The molecular weight excluding hydrogens is 266 g/mol. The fourth-order valence-corrected chi connectivity index (χ4v) is 3.59. The maximum atomic E-state index is 11.6. The van der Waals surface area contributed by atoms with Crippen LogP contribution in [0.25, 0.3) is 0 Å². The average Bonchev–Trinajstić information content (AvgIpc) is 2.88. The van der Waals surface area contributed by atoms with Crippen molar-refractivity contribution in [1.82, 2.24) is 5.32 Å². The van der Waals surface area contributed by atoms with Crippen LogP contribution in [0.4, 0.5) is 0 Å². The lowest BCUT2D eigenvalue weighted by Gasteiger charge is -2.23. The summed E-state index contributed by atoms with van der Waals surface area (Å²) < 4.78 is 0. The molecule has 0 aromatic carbocycles. The number of carbonyl (C=O) groups excluding carboxylic acids is 1. The summed E-state index contributed by atoms with van der Waals surface area (Å²) in [5, 5.41) is 23.0. The number of terminal acetylenes is 1. The van der Waals surface area contributed by atoms with Crippen molar-refractivity contribution in [3.8, 4) is 12.3 Å². The highest BCUT2D eigenvalue weighted by atomic mass is 16.3. The SMILES string of the molecule is C#CC12CC(O)C(C=C[C@@H](O)CCCCC)C1CC(=O)N2. The predicted molar refractivity (Wildman–Crippen MR) is 81.2 cm³/mol. The molecule has 2 aliphatic rings. The molecule has 4 nitrogen and oxygen atoms in total. The van der Waals surface area contributed by atoms with Gasteiger partial charge in [-0.25, -0.2) is 0 Å². The van der Waals surface area contributed by atoms with Gasteiger partial charge in [0.1, 0.15) is 5.54 Å². The molecule has 5 atom stereocenters. The monoisotopic (exact) mass is 291 g/mol. The molecule has 4 heteroatoms. The number of rotatable bonds is 6. The third kappa shape index (κ3) is 3.30. The fraction of sp³-hybridized carbons (Fsp3) is 0.706. The Bertz CT molecular complexity index is 453. The summed E-state index contributed by atoms with van der Waals surface area (Å²) in [5.74, 6) is 2.38. The molecule has 0 aromatic rings. The second kappa shape index (κ2) is 6.64. The number of carbonyl (C=O) groups is 1. The van der Waals surface area contributed by atoms with E-state index in [0.717, 1.165) is 25.7 Å². The molecule has 1 aliphatic carbocycles. The number of amides is 1. The Kier molecular flexibility index (Phi) is 5.08. The molecular formula is C17H25NO3. The van der Waals surface area contributed by atoms with Gasteiger partial charge in [0, 0.05) is 24.7 Å². The molecule has 4 unspecified atom stereocenters. The summed E-state index contributed by atoms with van der Waals surface area (Å²) in [6.45, 7) is 2.13. The van der Waals surface area contributed by atoms with Crippen molar-refractivity contribution in [2.45, 2.75) is 63.2 Å². The van der Waals surface area contributed by atoms with Crippen LogP contribution in [-0.2, 0) is 4.79 Å². The van der Waals surface area contributed by atoms with Gasteiger partial charge in [-0.3, -0.25) is 4.79 Å². The average molecular weight is 291 g/mol. The summed E-state index contributed by atoms with van der Waals surface area (Å²) in [4.78, 5) is 11.6. The topological polar surface area (TPSA) is 69.6 Å². The molecule has 1 heterocycles. The van der Waals surface area contributed by atoms with Gasteiger partial charge in [-0.15, -0.1) is 6.42 Å². The fourth-order valence-electron chi connectivity index (χ4n) is 3.59. The first-order chi connectivity index (χ1) is 10.0. The van der Waals surface area contributed by atoms with Gasteiger partial charge in [-0.05, 0) is 6.42 Å². The molecule has 21 heavy (non-hydrogen) atoms. The van der Waals surface area contributed by atoms with Gasteiger partial charge < -0.3 is 15.5 Å². The summed E-state index contributed by atoms with van der Waals surface area (Å²) in [7, 11) is 0. The van der Waals surface area contributed by atoms with Crippen LogP contribution in [0.2, 0.25) is 0 Å². The maximum Gasteiger partial charge on any atom is 0.221 e. The Hall–Kier alpha value is -1.31. The minimum atomic E-state index is -0.710. The smallest absolute Gasteiger partial charge is 0.221 e. The zero-order valence-corrected chi connectivity index (χ0v) is 12.6. The van der Waals surface area contributed by atoms with E-state index in [4.69, 9.17) is 6.42 Å². The van der Waals surface area contributed by atoms with Crippen LogP contribution in [0.3, 0.4) is 0 Å². The zero-order chi connectivity index (χ0) is 15.5. The van der Waals surface area contributed by atoms with Crippen LogP contribution in [0.5, 0.6) is 0 Å². The number of aliphatic hydroxyl groups excluding tert-OH is 2. The van der Waals surface area contributed by atoms with Crippen molar-refractivity contribution >= 4 is 5.91 Å². The lowest BCUT2D eigenvalue weighted by atomic mass is 9.84. The van der Waals surface area contributed by atoms with Crippen molar-refractivity contribution < 1.29 is 15.0 Å². The van der Waals surface area contributed by atoms with Crippen molar-refractivity contribution in [1.29, 1.82) is 0 Å². The predicted octanol–water partition coefficient (Wildman–Crippen LogP) is 1.37. The first kappa shape index (κ1) is 16.1. The number of hydrogen-bond acceptors (Lipinski definition) is 3.